The van der Waals surface area contributed by atoms with Gasteiger partial charge in [0, 0.05) is 19.0 Å². The highest BCUT2D eigenvalue weighted by Crippen LogP contribution is 2.29. The topological polar surface area (TPSA) is 32.3 Å². The van der Waals surface area contributed by atoms with Crippen LogP contribution in [0.15, 0.2) is 0 Å². The molecular formula is C18H34N2O. The van der Waals surface area contributed by atoms with Gasteiger partial charge in [0.05, 0.1) is 0 Å². The standard InChI is InChI=1S/C18H34N2O/c1-2-3-4-7-10-18(21)20-15-8-5-6-9-17(20)16-11-13-19-14-12-16/h16-17,19H,2-15H2,1H3. The molecule has 1 atom stereocenters. The molecule has 1 amide bonds. The molecule has 2 aliphatic rings. The van der Waals surface area contributed by atoms with Crippen molar-refractivity contribution < 1.29 is 4.79 Å². The third kappa shape index (κ3) is 5.28. The predicted molar refractivity (Wildman–Crippen MR) is 88.3 cm³/mol. The Hall–Kier alpha value is -0.570. The predicted octanol–water partition coefficient (Wildman–Crippen LogP) is 3.73. The first-order valence-corrected chi connectivity index (χ1v) is 9.33. The fourth-order valence-electron chi connectivity index (χ4n) is 4.01. The molecule has 0 radical (unpaired) electrons. The minimum atomic E-state index is 0.441. The average Bonchev–Trinajstić information content (AvgIpc) is 2.78. The van der Waals surface area contributed by atoms with E-state index in [9.17, 15) is 4.79 Å². The minimum absolute atomic E-state index is 0.441. The first-order chi connectivity index (χ1) is 10.3. The van der Waals surface area contributed by atoms with Crippen LogP contribution >= 0.6 is 0 Å². The van der Waals surface area contributed by atoms with Gasteiger partial charge in [0.25, 0.3) is 0 Å². The number of piperidine rings is 1. The van der Waals surface area contributed by atoms with Gasteiger partial charge < -0.3 is 10.2 Å². The number of hydrogen-bond acceptors (Lipinski definition) is 2. The Balaban J connectivity index is 1.89. The normalized spacial score (nSPS) is 24.8. The van der Waals surface area contributed by atoms with Gasteiger partial charge in [-0.2, -0.15) is 0 Å². The summed E-state index contributed by atoms with van der Waals surface area (Å²) in [5.41, 5.74) is 0. The molecule has 2 heterocycles. The Bertz CT molecular complexity index is 300. The molecule has 21 heavy (non-hydrogen) atoms. The molecule has 1 N–H and O–H groups in total. The van der Waals surface area contributed by atoms with Gasteiger partial charge in [0.2, 0.25) is 5.91 Å². The van der Waals surface area contributed by atoms with Crippen molar-refractivity contribution in [2.24, 2.45) is 5.92 Å². The van der Waals surface area contributed by atoms with Crippen LogP contribution in [-0.2, 0) is 4.79 Å². The van der Waals surface area contributed by atoms with E-state index in [4.69, 9.17) is 0 Å². The van der Waals surface area contributed by atoms with Crippen LogP contribution in [0.5, 0.6) is 0 Å². The monoisotopic (exact) mass is 294 g/mol. The number of rotatable bonds is 6. The van der Waals surface area contributed by atoms with Crippen molar-refractivity contribution >= 4 is 5.91 Å². The number of carbonyl (C=O) groups is 1. The zero-order valence-electron chi connectivity index (χ0n) is 13.9. The summed E-state index contributed by atoms with van der Waals surface area (Å²) in [5, 5.41) is 3.46. The van der Waals surface area contributed by atoms with E-state index in [0.29, 0.717) is 11.9 Å². The number of nitrogens with one attached hydrogen (secondary N) is 1. The van der Waals surface area contributed by atoms with Crippen LogP contribution in [0.3, 0.4) is 0 Å². The molecular weight excluding hydrogens is 260 g/mol. The lowest BCUT2D eigenvalue weighted by atomic mass is 9.86. The van der Waals surface area contributed by atoms with Crippen molar-refractivity contribution in [2.75, 3.05) is 19.6 Å². The van der Waals surface area contributed by atoms with E-state index < -0.39 is 0 Å². The van der Waals surface area contributed by atoms with E-state index in [1.807, 2.05) is 0 Å². The molecule has 3 heteroatoms. The van der Waals surface area contributed by atoms with E-state index in [0.717, 1.165) is 38.4 Å². The fourth-order valence-corrected chi connectivity index (χ4v) is 4.01. The van der Waals surface area contributed by atoms with Gasteiger partial charge in [-0.05, 0) is 51.1 Å². The van der Waals surface area contributed by atoms with E-state index in [1.165, 1.54) is 57.8 Å². The van der Waals surface area contributed by atoms with Gasteiger partial charge in [0.1, 0.15) is 0 Å². The van der Waals surface area contributed by atoms with Crippen molar-refractivity contribution in [1.29, 1.82) is 0 Å². The summed E-state index contributed by atoms with van der Waals surface area (Å²) in [4.78, 5) is 15.0. The highest BCUT2D eigenvalue weighted by atomic mass is 16.2. The van der Waals surface area contributed by atoms with Crippen LogP contribution in [0, 0.1) is 5.92 Å². The highest BCUT2D eigenvalue weighted by molar-refractivity contribution is 5.76. The lowest BCUT2D eigenvalue weighted by Gasteiger charge is -2.38. The SMILES string of the molecule is CCCCCCC(=O)N1CCCCCC1C1CCNCC1. The summed E-state index contributed by atoms with van der Waals surface area (Å²) in [7, 11) is 0. The molecule has 2 rings (SSSR count). The van der Waals surface area contributed by atoms with Crippen molar-refractivity contribution in [3.63, 3.8) is 0 Å². The number of unbranched alkanes of at least 4 members (excludes halogenated alkanes) is 3. The second-order valence-electron chi connectivity index (χ2n) is 6.90. The van der Waals surface area contributed by atoms with Crippen molar-refractivity contribution in [2.45, 2.75) is 83.6 Å². The zero-order chi connectivity index (χ0) is 14.9. The van der Waals surface area contributed by atoms with Gasteiger partial charge in [-0.3, -0.25) is 4.79 Å². The Labute approximate surface area is 130 Å². The van der Waals surface area contributed by atoms with Gasteiger partial charge in [-0.25, -0.2) is 0 Å². The maximum absolute atomic E-state index is 12.7. The number of carbonyl (C=O) groups excluding carboxylic acids is 1. The molecule has 0 aromatic heterocycles. The summed E-state index contributed by atoms with van der Waals surface area (Å²) in [6.45, 7) is 5.52. The van der Waals surface area contributed by atoms with Crippen LogP contribution in [0.25, 0.3) is 0 Å². The average molecular weight is 294 g/mol. The van der Waals surface area contributed by atoms with Crippen LogP contribution in [0.1, 0.15) is 77.6 Å². The Kier molecular flexibility index (Phi) is 7.56. The Morgan fingerprint density at radius 2 is 1.86 bits per heavy atom. The number of amides is 1. The molecule has 1 unspecified atom stereocenters. The van der Waals surface area contributed by atoms with Gasteiger partial charge in [-0.15, -0.1) is 0 Å². The molecule has 2 aliphatic heterocycles. The number of hydrogen-bond donors (Lipinski definition) is 1. The quantitative estimate of drug-likeness (QED) is 0.757. The van der Waals surface area contributed by atoms with E-state index in [-0.39, 0.29) is 0 Å². The second-order valence-corrected chi connectivity index (χ2v) is 6.90. The van der Waals surface area contributed by atoms with Gasteiger partial charge in [0.15, 0.2) is 0 Å². The number of likely N-dealkylation sites (tertiary alicyclic amines) is 1. The largest absolute Gasteiger partial charge is 0.339 e. The molecule has 3 nitrogen and oxygen atoms in total. The molecule has 2 saturated heterocycles. The van der Waals surface area contributed by atoms with Crippen molar-refractivity contribution in [3.8, 4) is 0 Å². The fraction of sp³-hybridized carbons (Fsp3) is 0.944. The third-order valence-corrected chi connectivity index (χ3v) is 5.29. The molecule has 0 spiro atoms. The summed E-state index contributed by atoms with van der Waals surface area (Å²) in [6, 6.07) is 0.535. The maximum Gasteiger partial charge on any atom is 0.222 e. The van der Waals surface area contributed by atoms with Crippen LogP contribution in [0.4, 0.5) is 0 Å². The van der Waals surface area contributed by atoms with Crippen LogP contribution in [-0.4, -0.2) is 36.5 Å². The summed E-state index contributed by atoms with van der Waals surface area (Å²) >= 11 is 0. The van der Waals surface area contributed by atoms with E-state index >= 15 is 0 Å². The molecule has 0 aliphatic carbocycles. The van der Waals surface area contributed by atoms with E-state index in [2.05, 4.69) is 17.1 Å². The summed E-state index contributed by atoms with van der Waals surface area (Å²) in [5.74, 6) is 1.18. The molecule has 0 aromatic carbocycles. The Morgan fingerprint density at radius 3 is 2.62 bits per heavy atom. The van der Waals surface area contributed by atoms with Crippen LogP contribution in [0.2, 0.25) is 0 Å². The highest BCUT2D eigenvalue weighted by Gasteiger charge is 2.32. The van der Waals surface area contributed by atoms with Gasteiger partial charge >= 0.3 is 0 Å². The molecule has 0 bridgehead atoms. The summed E-state index contributed by atoms with van der Waals surface area (Å²) in [6.07, 6.45) is 13.2. The second kappa shape index (κ2) is 9.45. The minimum Gasteiger partial charge on any atom is -0.339 e. The van der Waals surface area contributed by atoms with Crippen molar-refractivity contribution in [3.05, 3.63) is 0 Å². The summed E-state index contributed by atoms with van der Waals surface area (Å²) < 4.78 is 0. The first kappa shape index (κ1) is 16.8. The lowest BCUT2D eigenvalue weighted by Crippen LogP contribution is -2.47. The molecule has 2 fully saturated rings. The number of nitrogens with zero attached hydrogens (tertiary/aromatic N) is 1. The van der Waals surface area contributed by atoms with E-state index in [1.54, 1.807) is 0 Å². The molecule has 0 saturated carbocycles. The maximum atomic E-state index is 12.7. The smallest absolute Gasteiger partial charge is 0.222 e. The van der Waals surface area contributed by atoms with Crippen molar-refractivity contribution in [1.82, 2.24) is 10.2 Å². The third-order valence-electron chi connectivity index (χ3n) is 5.29. The molecule has 0 aromatic rings. The first-order valence-electron chi connectivity index (χ1n) is 9.33. The van der Waals surface area contributed by atoms with Crippen LogP contribution < -0.4 is 5.32 Å². The zero-order valence-corrected chi connectivity index (χ0v) is 13.9. The lowest BCUT2D eigenvalue weighted by molar-refractivity contribution is -0.135. The van der Waals surface area contributed by atoms with Gasteiger partial charge in [-0.1, -0.05) is 39.0 Å². The Morgan fingerprint density at radius 1 is 1.05 bits per heavy atom. The molecule has 122 valence electrons.